The third-order valence-corrected chi connectivity index (χ3v) is 4.63. The molecule has 1 heteroatoms. The first-order valence-corrected chi connectivity index (χ1v) is 6.51. The smallest absolute Gasteiger partial charge is 0.136 e. The van der Waals surface area contributed by atoms with Crippen LogP contribution in [0.2, 0.25) is 0 Å². The summed E-state index contributed by atoms with van der Waals surface area (Å²) in [4.78, 5) is 11.9. The maximum Gasteiger partial charge on any atom is 0.136 e. The third kappa shape index (κ3) is 2.26. The van der Waals surface area contributed by atoms with Gasteiger partial charge in [0.25, 0.3) is 0 Å². The molecule has 0 saturated heterocycles. The normalized spacial score (nSPS) is 37.5. The molecule has 0 amide bonds. The van der Waals surface area contributed by atoms with Crippen LogP contribution in [-0.2, 0) is 4.79 Å². The highest BCUT2D eigenvalue weighted by atomic mass is 16.1. The van der Waals surface area contributed by atoms with Crippen molar-refractivity contribution in [1.82, 2.24) is 0 Å². The summed E-state index contributed by atoms with van der Waals surface area (Å²) in [5, 5.41) is 0. The first-order valence-electron chi connectivity index (χ1n) is 6.51. The van der Waals surface area contributed by atoms with Crippen LogP contribution in [-0.4, -0.2) is 5.78 Å². The van der Waals surface area contributed by atoms with Crippen LogP contribution >= 0.6 is 0 Å². The molecule has 0 aromatic heterocycles. The molecule has 0 aromatic rings. The van der Waals surface area contributed by atoms with E-state index in [1.54, 1.807) is 0 Å². The lowest BCUT2D eigenvalue weighted by atomic mass is 9.61. The van der Waals surface area contributed by atoms with Crippen LogP contribution in [0.15, 0.2) is 0 Å². The number of carbonyl (C=O) groups is 1. The highest BCUT2D eigenvalue weighted by molar-refractivity contribution is 5.82. The van der Waals surface area contributed by atoms with Gasteiger partial charge in [-0.05, 0) is 49.4 Å². The molecule has 0 heterocycles. The average molecular weight is 208 g/mol. The summed E-state index contributed by atoms with van der Waals surface area (Å²) in [5.74, 6) is 2.50. The number of fused-ring (bicyclic) bond motifs is 1. The van der Waals surface area contributed by atoms with Crippen molar-refractivity contribution in [2.24, 2.45) is 23.2 Å². The van der Waals surface area contributed by atoms with E-state index in [4.69, 9.17) is 0 Å². The van der Waals surface area contributed by atoms with Crippen molar-refractivity contribution in [3.8, 4) is 0 Å². The van der Waals surface area contributed by atoms with Gasteiger partial charge in [-0.25, -0.2) is 0 Å². The number of carbonyl (C=O) groups excluding carboxylic acids is 1. The van der Waals surface area contributed by atoms with Crippen LogP contribution in [0.1, 0.15) is 59.3 Å². The molecule has 0 spiro atoms. The van der Waals surface area contributed by atoms with Gasteiger partial charge in [-0.2, -0.15) is 0 Å². The Morgan fingerprint density at radius 1 is 1.13 bits per heavy atom. The first-order chi connectivity index (χ1) is 6.98. The quantitative estimate of drug-likeness (QED) is 0.591. The maximum atomic E-state index is 11.9. The molecule has 0 aliphatic heterocycles. The Balaban J connectivity index is 2.05. The van der Waals surface area contributed by atoms with Crippen molar-refractivity contribution < 1.29 is 4.79 Å². The monoisotopic (exact) mass is 208 g/mol. The second-order valence-corrected chi connectivity index (χ2v) is 6.60. The predicted octanol–water partition coefficient (Wildman–Crippen LogP) is 3.82. The number of rotatable bonds is 0. The van der Waals surface area contributed by atoms with Gasteiger partial charge >= 0.3 is 0 Å². The fourth-order valence-electron chi connectivity index (χ4n) is 3.48. The van der Waals surface area contributed by atoms with Gasteiger partial charge in [-0.3, -0.25) is 4.79 Å². The molecule has 0 bridgehead atoms. The summed E-state index contributed by atoms with van der Waals surface area (Å²) in [6, 6.07) is 0. The van der Waals surface area contributed by atoms with E-state index in [0.29, 0.717) is 17.1 Å². The second kappa shape index (κ2) is 3.92. The predicted molar refractivity (Wildman–Crippen MR) is 62.6 cm³/mol. The van der Waals surface area contributed by atoms with E-state index in [0.717, 1.165) is 24.7 Å². The van der Waals surface area contributed by atoms with Gasteiger partial charge in [0.2, 0.25) is 0 Å². The van der Waals surface area contributed by atoms with E-state index < -0.39 is 0 Å². The largest absolute Gasteiger partial charge is 0.299 e. The highest BCUT2D eigenvalue weighted by Gasteiger charge is 2.40. The lowest BCUT2D eigenvalue weighted by Gasteiger charge is -2.43. The van der Waals surface area contributed by atoms with Crippen molar-refractivity contribution in [2.75, 3.05) is 0 Å². The Labute approximate surface area is 93.6 Å². The Bertz CT molecular complexity index is 249. The van der Waals surface area contributed by atoms with E-state index in [1.807, 2.05) is 0 Å². The van der Waals surface area contributed by atoms with E-state index >= 15 is 0 Å². The highest BCUT2D eigenvalue weighted by Crippen LogP contribution is 2.46. The van der Waals surface area contributed by atoms with Crippen molar-refractivity contribution in [1.29, 1.82) is 0 Å². The molecule has 86 valence electrons. The first kappa shape index (κ1) is 11.2. The molecule has 3 atom stereocenters. The lowest BCUT2D eigenvalue weighted by molar-refractivity contribution is -0.129. The second-order valence-electron chi connectivity index (χ2n) is 6.60. The minimum absolute atomic E-state index is 0.392. The molecule has 2 aliphatic rings. The molecule has 2 aliphatic carbocycles. The summed E-state index contributed by atoms with van der Waals surface area (Å²) in [7, 11) is 0. The molecule has 2 fully saturated rings. The summed E-state index contributed by atoms with van der Waals surface area (Å²) < 4.78 is 0. The minimum Gasteiger partial charge on any atom is -0.299 e. The Morgan fingerprint density at radius 2 is 1.87 bits per heavy atom. The molecule has 0 N–H and O–H groups in total. The van der Waals surface area contributed by atoms with Gasteiger partial charge in [0, 0.05) is 12.3 Å². The van der Waals surface area contributed by atoms with Crippen LogP contribution in [0.4, 0.5) is 0 Å². The average Bonchev–Trinajstić information content (AvgIpc) is 2.16. The van der Waals surface area contributed by atoms with Crippen LogP contribution in [0.3, 0.4) is 0 Å². The van der Waals surface area contributed by atoms with Gasteiger partial charge in [-0.1, -0.05) is 20.8 Å². The summed E-state index contributed by atoms with van der Waals surface area (Å²) >= 11 is 0. The van der Waals surface area contributed by atoms with Crippen LogP contribution in [0, 0.1) is 23.2 Å². The van der Waals surface area contributed by atoms with Gasteiger partial charge in [-0.15, -0.1) is 0 Å². The van der Waals surface area contributed by atoms with Crippen molar-refractivity contribution in [3.05, 3.63) is 0 Å². The molecule has 2 rings (SSSR count). The fourth-order valence-corrected chi connectivity index (χ4v) is 3.48. The Hall–Kier alpha value is -0.330. The number of ketones is 1. The zero-order chi connectivity index (χ0) is 11.1. The van der Waals surface area contributed by atoms with Gasteiger partial charge < -0.3 is 0 Å². The lowest BCUT2D eigenvalue weighted by Crippen LogP contribution is -2.37. The number of hydrogen-bond acceptors (Lipinski definition) is 1. The van der Waals surface area contributed by atoms with Crippen LogP contribution in [0.5, 0.6) is 0 Å². The molecular formula is C14H24O. The molecule has 3 unspecified atom stereocenters. The zero-order valence-corrected chi connectivity index (χ0v) is 10.4. The van der Waals surface area contributed by atoms with Crippen LogP contribution in [0.25, 0.3) is 0 Å². The summed E-state index contributed by atoms with van der Waals surface area (Å²) in [6.45, 7) is 6.97. The Kier molecular flexibility index (Phi) is 2.92. The SMILES string of the molecule is CC(C)(C)C1CCC2CCCC(=O)C2C1. The minimum atomic E-state index is 0.392. The molecule has 2 saturated carbocycles. The molecule has 0 radical (unpaired) electrons. The molecular weight excluding hydrogens is 184 g/mol. The Morgan fingerprint density at radius 3 is 2.53 bits per heavy atom. The summed E-state index contributed by atoms with van der Waals surface area (Å²) in [6.07, 6.45) is 7.15. The van der Waals surface area contributed by atoms with Crippen molar-refractivity contribution in [3.63, 3.8) is 0 Å². The van der Waals surface area contributed by atoms with Gasteiger partial charge in [0.05, 0.1) is 0 Å². The van der Waals surface area contributed by atoms with E-state index in [2.05, 4.69) is 20.8 Å². The van der Waals surface area contributed by atoms with Gasteiger partial charge in [0.15, 0.2) is 0 Å². The number of hydrogen-bond donors (Lipinski definition) is 0. The van der Waals surface area contributed by atoms with Crippen LogP contribution < -0.4 is 0 Å². The topological polar surface area (TPSA) is 17.1 Å². The molecule has 0 aromatic carbocycles. The molecule has 15 heavy (non-hydrogen) atoms. The van der Waals surface area contributed by atoms with E-state index in [-0.39, 0.29) is 0 Å². The summed E-state index contributed by atoms with van der Waals surface area (Å²) in [5.41, 5.74) is 0.392. The zero-order valence-electron chi connectivity index (χ0n) is 10.4. The molecule has 1 nitrogen and oxygen atoms in total. The van der Waals surface area contributed by atoms with Crippen molar-refractivity contribution >= 4 is 5.78 Å². The standard InChI is InChI=1S/C14H24O/c1-14(2,3)11-8-7-10-5-4-6-13(15)12(10)9-11/h10-12H,4-9H2,1-3H3. The van der Waals surface area contributed by atoms with E-state index in [9.17, 15) is 4.79 Å². The fraction of sp³-hybridized carbons (Fsp3) is 0.929. The third-order valence-electron chi connectivity index (χ3n) is 4.63. The maximum absolute atomic E-state index is 11.9. The van der Waals surface area contributed by atoms with Gasteiger partial charge in [0.1, 0.15) is 5.78 Å². The van der Waals surface area contributed by atoms with Crippen molar-refractivity contribution in [2.45, 2.75) is 59.3 Å². The van der Waals surface area contributed by atoms with E-state index in [1.165, 1.54) is 25.7 Å². The number of Topliss-reactive ketones (excluding diaryl/α,β-unsaturated/α-hetero) is 1.